The van der Waals surface area contributed by atoms with Crippen LogP contribution in [0.2, 0.25) is 0 Å². The molecule has 1 saturated heterocycles. The van der Waals surface area contributed by atoms with Gasteiger partial charge >= 0.3 is 6.09 Å². The van der Waals surface area contributed by atoms with E-state index >= 15 is 0 Å². The molecule has 1 fully saturated rings. The number of hydrogen-bond donors (Lipinski definition) is 2. The largest absolute Gasteiger partial charge is 0.444 e. The van der Waals surface area contributed by atoms with E-state index in [2.05, 4.69) is 5.32 Å². The van der Waals surface area contributed by atoms with E-state index in [1.54, 1.807) is 20.8 Å². The summed E-state index contributed by atoms with van der Waals surface area (Å²) in [6.07, 6.45) is 0.0664. The molecule has 0 saturated carbocycles. The first kappa shape index (κ1) is 16.2. The van der Waals surface area contributed by atoms with Crippen molar-refractivity contribution in [2.75, 3.05) is 24.6 Å². The van der Waals surface area contributed by atoms with Crippen molar-refractivity contribution in [2.45, 2.75) is 32.8 Å². The molecule has 0 aromatic heterocycles. The van der Waals surface area contributed by atoms with Crippen LogP contribution in [0.5, 0.6) is 0 Å². The molecule has 3 N–H and O–H groups in total. The summed E-state index contributed by atoms with van der Waals surface area (Å²) in [6, 6.07) is 0. The number of carbonyl (C=O) groups excluding carboxylic acids is 1. The van der Waals surface area contributed by atoms with Gasteiger partial charge in [0, 0.05) is 6.54 Å². The Bertz CT molecular complexity index is 414. The molecule has 0 aromatic carbocycles. The molecule has 0 bridgehead atoms. The van der Waals surface area contributed by atoms with Crippen molar-refractivity contribution >= 4 is 15.9 Å². The molecule has 1 heterocycles. The lowest BCUT2D eigenvalue weighted by Gasteiger charge is -2.30. The van der Waals surface area contributed by atoms with Crippen molar-refractivity contribution in [3.8, 4) is 0 Å². The molecule has 0 aromatic rings. The van der Waals surface area contributed by atoms with Gasteiger partial charge in [-0.15, -0.1) is 0 Å². The summed E-state index contributed by atoms with van der Waals surface area (Å²) in [5, 5.41) is 2.69. The maximum atomic E-state index is 11.5. The summed E-state index contributed by atoms with van der Waals surface area (Å²) in [5.41, 5.74) is 5.08. The first-order chi connectivity index (χ1) is 8.63. The molecule has 19 heavy (non-hydrogen) atoms. The van der Waals surface area contributed by atoms with Crippen LogP contribution in [-0.4, -0.2) is 44.7 Å². The van der Waals surface area contributed by atoms with E-state index in [0.717, 1.165) is 0 Å². The average Bonchev–Trinajstić information content (AvgIpc) is 2.24. The molecule has 0 radical (unpaired) electrons. The van der Waals surface area contributed by atoms with Crippen LogP contribution >= 0.6 is 0 Å². The van der Waals surface area contributed by atoms with Gasteiger partial charge in [-0.3, -0.25) is 0 Å². The van der Waals surface area contributed by atoms with E-state index in [0.29, 0.717) is 19.5 Å². The Balaban J connectivity index is 2.47. The van der Waals surface area contributed by atoms with Crippen LogP contribution < -0.4 is 11.1 Å². The fraction of sp³-hybridized carbons (Fsp3) is 0.917. The number of carbonyl (C=O) groups is 1. The number of nitrogens with one attached hydrogen (secondary N) is 1. The molecule has 112 valence electrons. The van der Waals surface area contributed by atoms with Crippen LogP contribution in [0.4, 0.5) is 4.79 Å². The minimum absolute atomic E-state index is 0.0892. The predicted octanol–water partition coefficient (Wildman–Crippen LogP) is 0.521. The third-order valence-electron chi connectivity index (χ3n) is 3.14. The highest BCUT2D eigenvalue weighted by molar-refractivity contribution is 7.91. The first-order valence-electron chi connectivity index (χ1n) is 6.50. The van der Waals surface area contributed by atoms with Gasteiger partial charge in [-0.05, 0) is 45.6 Å². The minimum Gasteiger partial charge on any atom is -0.444 e. The van der Waals surface area contributed by atoms with Gasteiger partial charge in [0.2, 0.25) is 0 Å². The Morgan fingerprint density at radius 1 is 1.37 bits per heavy atom. The van der Waals surface area contributed by atoms with Crippen molar-refractivity contribution in [3.05, 3.63) is 0 Å². The smallest absolute Gasteiger partial charge is 0.407 e. The molecule has 1 aliphatic heterocycles. The summed E-state index contributed by atoms with van der Waals surface area (Å²) in [4.78, 5) is 11.5. The van der Waals surface area contributed by atoms with Gasteiger partial charge in [0.05, 0.1) is 11.5 Å². The van der Waals surface area contributed by atoms with Gasteiger partial charge in [0.15, 0.2) is 9.84 Å². The molecule has 1 aliphatic rings. The van der Waals surface area contributed by atoms with Crippen molar-refractivity contribution in [3.63, 3.8) is 0 Å². The lowest BCUT2D eigenvalue weighted by atomic mass is 9.91. The number of alkyl carbamates (subject to hydrolysis) is 1. The Morgan fingerprint density at radius 2 is 2.00 bits per heavy atom. The number of hydrogen-bond acceptors (Lipinski definition) is 5. The first-order valence-corrected chi connectivity index (χ1v) is 8.32. The highest BCUT2D eigenvalue weighted by atomic mass is 32.2. The number of nitrogens with two attached hydrogens (primary N) is 1. The standard InChI is InChI=1S/C12H24N2O4S/c1-12(2,3)18-11(15)14-7-9-4-5-19(16,17)8-10(9)6-13/h9-10H,4-8,13H2,1-3H3,(H,14,15). The Kier molecular flexibility index (Phi) is 5.20. The second kappa shape index (κ2) is 6.09. The van der Waals surface area contributed by atoms with E-state index in [1.807, 2.05) is 0 Å². The van der Waals surface area contributed by atoms with Crippen molar-refractivity contribution in [2.24, 2.45) is 17.6 Å². The molecule has 2 unspecified atom stereocenters. The van der Waals surface area contributed by atoms with Crippen LogP contribution in [0.3, 0.4) is 0 Å². The molecule has 2 atom stereocenters. The molecule has 0 spiro atoms. The predicted molar refractivity (Wildman–Crippen MR) is 73.5 cm³/mol. The van der Waals surface area contributed by atoms with Gasteiger partial charge in [0.25, 0.3) is 0 Å². The molecule has 7 heteroatoms. The van der Waals surface area contributed by atoms with Gasteiger partial charge in [-0.25, -0.2) is 13.2 Å². The van der Waals surface area contributed by atoms with E-state index in [9.17, 15) is 13.2 Å². The SMILES string of the molecule is CC(C)(C)OC(=O)NCC1CCS(=O)(=O)CC1CN. The maximum Gasteiger partial charge on any atom is 0.407 e. The lowest BCUT2D eigenvalue weighted by molar-refractivity contribution is 0.0513. The van der Waals surface area contributed by atoms with Gasteiger partial charge in [-0.2, -0.15) is 0 Å². The summed E-state index contributed by atoms with van der Waals surface area (Å²) in [6.45, 7) is 6.11. The summed E-state index contributed by atoms with van der Waals surface area (Å²) >= 11 is 0. The van der Waals surface area contributed by atoms with Crippen molar-refractivity contribution < 1.29 is 17.9 Å². The number of rotatable bonds is 3. The maximum absolute atomic E-state index is 11.5. The van der Waals surface area contributed by atoms with Crippen molar-refractivity contribution in [1.29, 1.82) is 0 Å². The third kappa shape index (κ3) is 5.78. The highest BCUT2D eigenvalue weighted by Gasteiger charge is 2.32. The van der Waals surface area contributed by atoms with Gasteiger partial charge < -0.3 is 15.8 Å². The number of sulfone groups is 1. The zero-order chi connectivity index (χ0) is 14.7. The average molecular weight is 292 g/mol. The molecule has 1 rings (SSSR count). The Hall–Kier alpha value is -0.820. The van der Waals surface area contributed by atoms with Gasteiger partial charge in [-0.1, -0.05) is 0 Å². The van der Waals surface area contributed by atoms with Crippen LogP contribution in [0, 0.1) is 11.8 Å². The van der Waals surface area contributed by atoms with E-state index in [4.69, 9.17) is 10.5 Å². The van der Waals surface area contributed by atoms with Crippen LogP contribution in [-0.2, 0) is 14.6 Å². The fourth-order valence-electron chi connectivity index (χ4n) is 2.17. The van der Waals surface area contributed by atoms with Crippen LogP contribution in [0.25, 0.3) is 0 Å². The highest BCUT2D eigenvalue weighted by Crippen LogP contribution is 2.24. The molecule has 1 amide bonds. The molecule has 6 nitrogen and oxygen atoms in total. The monoisotopic (exact) mass is 292 g/mol. The molecule has 0 aliphatic carbocycles. The fourth-order valence-corrected chi connectivity index (χ4v) is 4.06. The Labute approximate surface area is 115 Å². The third-order valence-corrected chi connectivity index (χ3v) is 4.94. The molecular weight excluding hydrogens is 268 g/mol. The van der Waals surface area contributed by atoms with Gasteiger partial charge in [0.1, 0.15) is 5.60 Å². The van der Waals surface area contributed by atoms with Crippen LogP contribution in [0.1, 0.15) is 27.2 Å². The summed E-state index contributed by atoms with van der Waals surface area (Å²) in [5.74, 6) is 0.295. The van der Waals surface area contributed by atoms with Crippen molar-refractivity contribution in [1.82, 2.24) is 5.32 Å². The second-order valence-corrected chi connectivity index (χ2v) is 8.27. The van der Waals surface area contributed by atoms with E-state index in [-0.39, 0.29) is 23.3 Å². The summed E-state index contributed by atoms with van der Waals surface area (Å²) < 4.78 is 28.2. The zero-order valence-corrected chi connectivity index (χ0v) is 12.6. The minimum atomic E-state index is -2.97. The van der Waals surface area contributed by atoms with E-state index in [1.165, 1.54) is 0 Å². The lowest BCUT2D eigenvalue weighted by Crippen LogP contribution is -2.43. The second-order valence-electron chi connectivity index (χ2n) is 6.04. The Morgan fingerprint density at radius 3 is 2.53 bits per heavy atom. The quantitative estimate of drug-likeness (QED) is 0.790. The zero-order valence-electron chi connectivity index (χ0n) is 11.8. The normalized spacial score (nSPS) is 26.7. The number of ether oxygens (including phenoxy) is 1. The van der Waals surface area contributed by atoms with Crippen LogP contribution in [0.15, 0.2) is 0 Å². The number of amides is 1. The molecular formula is C12H24N2O4S. The summed E-state index contributed by atoms with van der Waals surface area (Å²) in [7, 11) is -2.97. The topological polar surface area (TPSA) is 98.5 Å². The van der Waals surface area contributed by atoms with E-state index < -0.39 is 21.5 Å².